The molecule has 3 rings (SSSR count). The van der Waals surface area contributed by atoms with Gasteiger partial charge in [-0.15, -0.1) is 0 Å². The maximum Gasteiger partial charge on any atom is 0.0498 e. The lowest BCUT2D eigenvalue weighted by atomic mass is 9.97. The number of aromatic nitrogens is 1. The van der Waals surface area contributed by atoms with Crippen LogP contribution in [0.1, 0.15) is 29.5 Å². The molecule has 3 aromatic rings. The summed E-state index contributed by atoms with van der Waals surface area (Å²) >= 11 is 0. The number of hydrogen-bond acceptors (Lipinski definition) is 2. The molecule has 1 heterocycles. The molecule has 0 aliphatic heterocycles. The van der Waals surface area contributed by atoms with Gasteiger partial charge in [0.1, 0.15) is 0 Å². The highest BCUT2D eigenvalue weighted by atomic mass is 15.1. The topological polar surface area (TPSA) is 45.0 Å². The molecule has 25 heavy (non-hydrogen) atoms. The average Bonchev–Trinajstić information content (AvgIpc) is 2.94. The van der Waals surface area contributed by atoms with Crippen LogP contribution >= 0.6 is 0 Å². The molecule has 3 nitrogen and oxygen atoms in total. The largest absolute Gasteiger partial charge is 0.378 e. The summed E-state index contributed by atoms with van der Waals surface area (Å²) in [4.78, 5) is 5.85. The van der Waals surface area contributed by atoms with Gasteiger partial charge in [0.05, 0.1) is 0 Å². The van der Waals surface area contributed by atoms with Gasteiger partial charge < -0.3 is 15.6 Å². The molecule has 3 N–H and O–H groups in total. The first-order chi connectivity index (χ1) is 12.0. The van der Waals surface area contributed by atoms with Crippen LogP contribution in [0.3, 0.4) is 0 Å². The zero-order chi connectivity index (χ0) is 18.0. The molecule has 0 radical (unpaired) electrons. The van der Waals surface area contributed by atoms with Crippen molar-refractivity contribution >= 4 is 16.6 Å². The fraction of sp³-hybridized carbons (Fsp3) is 0.364. The van der Waals surface area contributed by atoms with Crippen LogP contribution in [-0.4, -0.2) is 25.6 Å². The molecule has 0 unspecified atom stereocenters. The van der Waals surface area contributed by atoms with Crippen LogP contribution < -0.4 is 10.6 Å². The summed E-state index contributed by atoms with van der Waals surface area (Å²) in [7, 11) is 4.17. The summed E-state index contributed by atoms with van der Waals surface area (Å²) < 4.78 is 0. The van der Waals surface area contributed by atoms with Crippen LogP contribution in [0.25, 0.3) is 22.2 Å². The number of benzene rings is 2. The Morgan fingerprint density at radius 3 is 2.56 bits per heavy atom. The number of nitrogens with zero attached hydrogens (tertiary/aromatic N) is 1. The lowest BCUT2D eigenvalue weighted by Crippen LogP contribution is -2.08. The lowest BCUT2D eigenvalue weighted by molar-refractivity contribution is 0.748. The van der Waals surface area contributed by atoms with E-state index < -0.39 is 0 Å². The van der Waals surface area contributed by atoms with Crippen LogP contribution in [0.5, 0.6) is 0 Å². The SMILES string of the molecule is Cc1cc(C)c2c(CCCCN)c(-c3cccc(N(C)C)c3)[nH]c2c1. The van der Waals surface area contributed by atoms with E-state index in [-0.39, 0.29) is 0 Å². The minimum atomic E-state index is 0.756. The average molecular weight is 335 g/mol. The van der Waals surface area contributed by atoms with E-state index in [1.807, 2.05) is 0 Å². The Labute approximate surface area is 150 Å². The van der Waals surface area contributed by atoms with Gasteiger partial charge in [0, 0.05) is 41.9 Å². The lowest BCUT2D eigenvalue weighted by Gasteiger charge is -2.14. The minimum absolute atomic E-state index is 0.756. The second-order valence-electron chi connectivity index (χ2n) is 7.17. The first-order valence-corrected chi connectivity index (χ1v) is 9.11. The molecule has 1 aromatic heterocycles. The molecule has 0 aliphatic carbocycles. The highest BCUT2D eigenvalue weighted by Gasteiger charge is 2.15. The molecule has 2 aromatic carbocycles. The summed E-state index contributed by atoms with van der Waals surface area (Å²) in [5.41, 5.74) is 14.8. The molecule has 132 valence electrons. The minimum Gasteiger partial charge on any atom is -0.378 e. The second-order valence-corrected chi connectivity index (χ2v) is 7.17. The number of nitrogens with two attached hydrogens (primary N) is 1. The highest BCUT2D eigenvalue weighted by Crippen LogP contribution is 2.35. The fourth-order valence-corrected chi connectivity index (χ4v) is 3.68. The molecule has 0 spiro atoms. The van der Waals surface area contributed by atoms with Crippen LogP contribution in [0.4, 0.5) is 5.69 Å². The molecule has 0 bridgehead atoms. The Morgan fingerprint density at radius 1 is 1.04 bits per heavy atom. The van der Waals surface area contributed by atoms with Gasteiger partial charge >= 0.3 is 0 Å². The van der Waals surface area contributed by atoms with E-state index in [2.05, 4.69) is 74.2 Å². The number of rotatable bonds is 6. The van der Waals surface area contributed by atoms with Gasteiger partial charge in [-0.1, -0.05) is 18.2 Å². The van der Waals surface area contributed by atoms with Gasteiger partial charge in [-0.3, -0.25) is 0 Å². The van der Waals surface area contributed by atoms with Crippen LogP contribution in [0.15, 0.2) is 36.4 Å². The predicted octanol–water partition coefficient (Wildman–Crippen LogP) is 4.80. The third-order valence-corrected chi connectivity index (χ3v) is 4.88. The van der Waals surface area contributed by atoms with Crippen molar-refractivity contribution in [2.75, 3.05) is 25.5 Å². The Morgan fingerprint density at radius 2 is 1.84 bits per heavy atom. The normalized spacial score (nSPS) is 11.2. The van der Waals surface area contributed by atoms with Gasteiger partial charge in [0.25, 0.3) is 0 Å². The van der Waals surface area contributed by atoms with Crippen molar-refractivity contribution in [3.63, 3.8) is 0 Å². The van der Waals surface area contributed by atoms with Crippen molar-refractivity contribution in [2.24, 2.45) is 5.73 Å². The number of hydrogen-bond donors (Lipinski definition) is 2. The molecule has 0 saturated heterocycles. The number of aromatic amines is 1. The Balaban J connectivity index is 2.17. The standard InChI is InChI=1S/C22H29N3/c1-15-12-16(2)21-19(10-5-6-11-23)22(24-20(21)13-15)17-8-7-9-18(14-17)25(3)4/h7-9,12-14,24H,5-6,10-11,23H2,1-4H3. The van der Waals surface area contributed by atoms with Crippen molar-refractivity contribution in [3.8, 4) is 11.3 Å². The number of unbranched alkanes of at least 4 members (excludes halogenated alkanes) is 1. The van der Waals surface area contributed by atoms with Crippen LogP contribution in [-0.2, 0) is 6.42 Å². The van der Waals surface area contributed by atoms with Crippen molar-refractivity contribution < 1.29 is 0 Å². The van der Waals surface area contributed by atoms with Gasteiger partial charge in [-0.05, 0) is 74.5 Å². The monoisotopic (exact) mass is 335 g/mol. The van der Waals surface area contributed by atoms with Gasteiger partial charge in [0.15, 0.2) is 0 Å². The van der Waals surface area contributed by atoms with E-state index in [1.165, 1.54) is 44.5 Å². The summed E-state index contributed by atoms with van der Waals surface area (Å²) in [5, 5.41) is 1.38. The van der Waals surface area contributed by atoms with E-state index in [0.717, 1.165) is 25.8 Å². The quantitative estimate of drug-likeness (QED) is 0.636. The van der Waals surface area contributed by atoms with E-state index in [1.54, 1.807) is 0 Å². The first kappa shape index (κ1) is 17.6. The molecule has 0 aliphatic rings. The maximum atomic E-state index is 5.72. The molecule has 0 fully saturated rings. The Kier molecular flexibility index (Phi) is 5.14. The van der Waals surface area contributed by atoms with Gasteiger partial charge in [-0.25, -0.2) is 0 Å². The zero-order valence-corrected chi connectivity index (χ0v) is 15.8. The molecule has 0 atom stereocenters. The van der Waals surface area contributed by atoms with Crippen LogP contribution in [0, 0.1) is 13.8 Å². The van der Waals surface area contributed by atoms with E-state index in [4.69, 9.17) is 5.73 Å². The van der Waals surface area contributed by atoms with Crippen LogP contribution in [0.2, 0.25) is 0 Å². The molecule has 3 heteroatoms. The number of nitrogens with one attached hydrogen (secondary N) is 1. The Hall–Kier alpha value is -2.26. The van der Waals surface area contributed by atoms with Crippen molar-refractivity contribution in [3.05, 3.63) is 53.1 Å². The summed E-state index contributed by atoms with van der Waals surface area (Å²) in [6.45, 7) is 5.13. The van der Waals surface area contributed by atoms with Crippen molar-refractivity contribution in [1.29, 1.82) is 0 Å². The third-order valence-electron chi connectivity index (χ3n) is 4.88. The molecule has 0 amide bonds. The van der Waals surface area contributed by atoms with E-state index >= 15 is 0 Å². The highest BCUT2D eigenvalue weighted by molar-refractivity contribution is 5.94. The van der Waals surface area contributed by atoms with Gasteiger partial charge in [0.2, 0.25) is 0 Å². The second kappa shape index (κ2) is 7.32. The summed E-state index contributed by atoms with van der Waals surface area (Å²) in [6, 6.07) is 13.3. The summed E-state index contributed by atoms with van der Waals surface area (Å²) in [6.07, 6.45) is 3.24. The smallest absolute Gasteiger partial charge is 0.0498 e. The number of H-pyrrole nitrogens is 1. The predicted molar refractivity (Wildman–Crippen MR) is 110 cm³/mol. The molecular formula is C22H29N3. The third kappa shape index (κ3) is 3.57. The Bertz CT molecular complexity index is 874. The number of fused-ring (bicyclic) bond motifs is 1. The van der Waals surface area contributed by atoms with Gasteiger partial charge in [-0.2, -0.15) is 0 Å². The zero-order valence-electron chi connectivity index (χ0n) is 15.8. The van der Waals surface area contributed by atoms with E-state index in [0.29, 0.717) is 0 Å². The number of aryl methyl sites for hydroxylation is 3. The fourth-order valence-electron chi connectivity index (χ4n) is 3.68. The summed E-state index contributed by atoms with van der Waals surface area (Å²) in [5.74, 6) is 0. The maximum absolute atomic E-state index is 5.72. The molecule has 0 saturated carbocycles. The molecular weight excluding hydrogens is 306 g/mol. The van der Waals surface area contributed by atoms with Crippen molar-refractivity contribution in [2.45, 2.75) is 33.1 Å². The first-order valence-electron chi connectivity index (χ1n) is 9.11. The van der Waals surface area contributed by atoms with E-state index in [9.17, 15) is 0 Å². The van der Waals surface area contributed by atoms with Crippen molar-refractivity contribution in [1.82, 2.24) is 4.98 Å². The number of anilines is 1.